The van der Waals surface area contributed by atoms with Crippen molar-refractivity contribution >= 4 is 39.0 Å². The number of hydrogen-bond donors (Lipinski definition) is 0. The lowest BCUT2D eigenvalue weighted by atomic mass is 9.67. The maximum absolute atomic E-state index is 6.64. The molecule has 15 rings (SSSR count). The number of rotatable bonds is 6. The van der Waals surface area contributed by atoms with Gasteiger partial charge in [-0.3, -0.25) is 0 Å². The van der Waals surface area contributed by atoms with E-state index >= 15 is 0 Å². The SMILES string of the molecule is c1ccc(C2(c3ccc(N(c4cccc(-c5cccc6c5oc5ccccc56)c4)c4ccc5c(c4)C4(c6ccccc6-c6ccccc64)c4ccccc4-5)cc3)c3ccccc3-c3ccccc32)cc1. The average molecular weight is 890 g/mol. The van der Waals surface area contributed by atoms with Gasteiger partial charge in [-0.05, 0) is 126 Å². The monoisotopic (exact) mass is 889 g/mol. The van der Waals surface area contributed by atoms with Crippen LogP contribution in [0.5, 0.6) is 0 Å². The molecule has 2 heteroatoms. The van der Waals surface area contributed by atoms with Gasteiger partial charge in [0.25, 0.3) is 0 Å². The van der Waals surface area contributed by atoms with Crippen molar-refractivity contribution in [3.63, 3.8) is 0 Å². The molecule has 12 aromatic rings. The van der Waals surface area contributed by atoms with E-state index in [1.807, 2.05) is 6.07 Å². The zero-order valence-electron chi connectivity index (χ0n) is 38.2. The largest absolute Gasteiger partial charge is 0.455 e. The highest BCUT2D eigenvalue weighted by molar-refractivity contribution is 6.09. The van der Waals surface area contributed by atoms with Crippen molar-refractivity contribution in [2.75, 3.05) is 4.90 Å². The van der Waals surface area contributed by atoms with Gasteiger partial charge in [-0.15, -0.1) is 0 Å². The van der Waals surface area contributed by atoms with E-state index in [1.54, 1.807) is 0 Å². The fraction of sp³-hybridized carbons (Fsp3) is 0.0294. The van der Waals surface area contributed by atoms with Crippen molar-refractivity contribution in [3.05, 3.63) is 305 Å². The van der Waals surface area contributed by atoms with Gasteiger partial charge in [0.15, 0.2) is 0 Å². The number of benzene rings is 11. The van der Waals surface area contributed by atoms with Crippen LogP contribution in [0.2, 0.25) is 0 Å². The molecule has 0 bridgehead atoms. The average Bonchev–Trinajstić information content (AvgIpc) is 4.15. The van der Waals surface area contributed by atoms with E-state index < -0.39 is 10.8 Å². The fourth-order valence-corrected chi connectivity index (χ4v) is 13.0. The van der Waals surface area contributed by atoms with Crippen LogP contribution in [0, 0.1) is 0 Å². The van der Waals surface area contributed by atoms with Crippen LogP contribution >= 0.6 is 0 Å². The second-order valence-electron chi connectivity index (χ2n) is 19.0. The molecule has 0 saturated carbocycles. The van der Waals surface area contributed by atoms with Gasteiger partial charge in [-0.1, -0.05) is 218 Å². The first-order valence-corrected chi connectivity index (χ1v) is 24.3. The van der Waals surface area contributed by atoms with Crippen LogP contribution in [0.15, 0.2) is 265 Å². The predicted molar refractivity (Wildman–Crippen MR) is 287 cm³/mol. The van der Waals surface area contributed by atoms with Crippen LogP contribution in [0.1, 0.15) is 44.5 Å². The topological polar surface area (TPSA) is 16.4 Å². The number of anilines is 3. The first-order chi connectivity index (χ1) is 34.7. The first kappa shape index (κ1) is 39.1. The first-order valence-electron chi connectivity index (χ1n) is 24.3. The van der Waals surface area contributed by atoms with Crippen LogP contribution in [0.4, 0.5) is 17.1 Å². The Hall–Kier alpha value is -8.98. The van der Waals surface area contributed by atoms with Crippen molar-refractivity contribution in [2.24, 2.45) is 0 Å². The zero-order valence-corrected chi connectivity index (χ0v) is 38.2. The van der Waals surface area contributed by atoms with E-state index in [1.165, 1.54) is 77.9 Å². The molecule has 2 nitrogen and oxygen atoms in total. The van der Waals surface area contributed by atoms with E-state index in [9.17, 15) is 0 Å². The molecule has 11 aromatic carbocycles. The molecular formula is C68H43NO. The summed E-state index contributed by atoms with van der Waals surface area (Å²) in [6, 6.07) is 96.7. The van der Waals surface area contributed by atoms with Gasteiger partial charge >= 0.3 is 0 Å². The van der Waals surface area contributed by atoms with Crippen LogP contribution in [0.3, 0.4) is 0 Å². The Morgan fingerprint density at radius 3 is 1.33 bits per heavy atom. The standard InChI is InChI=1S/C68H43NO/c1-2-19-45(20-3-1)67(59-30-10-4-22-51(59)52-23-5-11-31-60(52)67)46-36-38-47(39-37-46)69(48-21-16-18-44(42-48)50-28-17-29-58-57-27-9-15-35-65(57)70-66(50)58)49-40-41-56-55-26-8-14-34-63(55)68(64(56)43-49)61-32-12-6-24-53(61)54-25-7-13-33-62(54)68/h1-43H. The van der Waals surface area contributed by atoms with Gasteiger partial charge in [0.2, 0.25) is 0 Å². The molecule has 0 amide bonds. The third-order valence-corrected chi connectivity index (χ3v) is 15.8. The maximum Gasteiger partial charge on any atom is 0.143 e. The summed E-state index contributed by atoms with van der Waals surface area (Å²) in [5.41, 5.74) is 24.3. The molecule has 326 valence electrons. The fourth-order valence-electron chi connectivity index (χ4n) is 13.0. The van der Waals surface area contributed by atoms with Crippen molar-refractivity contribution in [1.82, 2.24) is 0 Å². The number of furan rings is 1. The Kier molecular flexibility index (Phi) is 8.24. The van der Waals surface area contributed by atoms with Crippen molar-refractivity contribution in [2.45, 2.75) is 10.8 Å². The summed E-state index contributed by atoms with van der Waals surface area (Å²) >= 11 is 0. The summed E-state index contributed by atoms with van der Waals surface area (Å²) in [7, 11) is 0. The van der Waals surface area contributed by atoms with Crippen molar-refractivity contribution in [3.8, 4) is 44.5 Å². The summed E-state index contributed by atoms with van der Waals surface area (Å²) in [5, 5.41) is 2.25. The van der Waals surface area contributed by atoms with Gasteiger partial charge in [0, 0.05) is 33.4 Å². The second-order valence-corrected chi connectivity index (χ2v) is 19.0. The Labute approximate surface area is 407 Å². The number of hydrogen-bond acceptors (Lipinski definition) is 2. The van der Waals surface area contributed by atoms with Crippen LogP contribution in [-0.4, -0.2) is 0 Å². The molecule has 1 heterocycles. The smallest absolute Gasteiger partial charge is 0.143 e. The number of para-hydroxylation sites is 2. The molecule has 0 unspecified atom stereocenters. The molecule has 1 spiro atoms. The molecule has 0 atom stereocenters. The lowest BCUT2D eigenvalue weighted by molar-refractivity contribution is 0.670. The molecule has 0 fully saturated rings. The summed E-state index contributed by atoms with van der Waals surface area (Å²) in [4.78, 5) is 2.46. The van der Waals surface area contributed by atoms with Gasteiger partial charge in [0.1, 0.15) is 11.2 Å². The summed E-state index contributed by atoms with van der Waals surface area (Å²) in [5.74, 6) is 0. The van der Waals surface area contributed by atoms with Crippen LogP contribution in [-0.2, 0) is 10.8 Å². The Morgan fingerprint density at radius 1 is 0.271 bits per heavy atom. The lowest BCUT2D eigenvalue weighted by Crippen LogP contribution is -2.28. The van der Waals surface area contributed by atoms with Crippen LogP contribution in [0.25, 0.3) is 66.4 Å². The molecule has 3 aliphatic rings. The summed E-state index contributed by atoms with van der Waals surface area (Å²) < 4.78 is 6.64. The second kappa shape index (κ2) is 14.8. The molecule has 0 N–H and O–H groups in total. The Bertz CT molecular complexity index is 3970. The maximum atomic E-state index is 6.64. The Morgan fingerprint density at radius 2 is 0.714 bits per heavy atom. The minimum absolute atomic E-state index is 0.477. The van der Waals surface area contributed by atoms with Gasteiger partial charge in [-0.2, -0.15) is 0 Å². The third kappa shape index (κ3) is 5.17. The minimum atomic E-state index is -0.502. The lowest BCUT2D eigenvalue weighted by Gasteiger charge is -2.35. The summed E-state index contributed by atoms with van der Waals surface area (Å²) in [6.45, 7) is 0. The number of fused-ring (bicyclic) bond motifs is 16. The van der Waals surface area contributed by atoms with Gasteiger partial charge < -0.3 is 9.32 Å². The molecule has 3 aliphatic carbocycles. The van der Waals surface area contributed by atoms with E-state index in [0.29, 0.717) is 0 Å². The van der Waals surface area contributed by atoms with E-state index in [-0.39, 0.29) is 0 Å². The highest BCUT2D eigenvalue weighted by Crippen LogP contribution is 2.63. The molecule has 0 saturated heterocycles. The predicted octanol–water partition coefficient (Wildman–Crippen LogP) is 17.4. The van der Waals surface area contributed by atoms with Crippen molar-refractivity contribution in [1.29, 1.82) is 0 Å². The molecule has 70 heavy (non-hydrogen) atoms. The Balaban J connectivity index is 0.964. The third-order valence-electron chi connectivity index (χ3n) is 15.8. The highest BCUT2D eigenvalue weighted by atomic mass is 16.3. The highest BCUT2D eigenvalue weighted by Gasteiger charge is 2.52. The normalized spacial score (nSPS) is 13.9. The van der Waals surface area contributed by atoms with Gasteiger partial charge in [0.05, 0.1) is 10.8 Å². The quantitative estimate of drug-likeness (QED) is 0.165. The molecular weight excluding hydrogens is 847 g/mol. The van der Waals surface area contributed by atoms with Crippen molar-refractivity contribution < 1.29 is 4.42 Å². The van der Waals surface area contributed by atoms with E-state index in [2.05, 4.69) is 260 Å². The summed E-state index contributed by atoms with van der Waals surface area (Å²) in [6.07, 6.45) is 0. The number of nitrogens with zero attached hydrogens (tertiary/aromatic N) is 1. The van der Waals surface area contributed by atoms with E-state index in [0.717, 1.165) is 50.1 Å². The minimum Gasteiger partial charge on any atom is -0.455 e. The molecule has 1 aromatic heterocycles. The van der Waals surface area contributed by atoms with Crippen LogP contribution < -0.4 is 4.90 Å². The zero-order chi connectivity index (χ0) is 46.0. The molecule has 0 aliphatic heterocycles. The molecule has 0 radical (unpaired) electrons. The van der Waals surface area contributed by atoms with E-state index in [4.69, 9.17) is 4.42 Å². The van der Waals surface area contributed by atoms with Gasteiger partial charge in [-0.25, -0.2) is 0 Å².